The Morgan fingerprint density at radius 3 is 2.65 bits per heavy atom. The average molecular weight is 281 g/mol. The molecule has 0 aliphatic rings. The molecule has 0 saturated heterocycles. The second-order valence-electron chi connectivity index (χ2n) is 4.66. The molecule has 0 fully saturated rings. The van der Waals surface area contributed by atoms with Crippen molar-refractivity contribution in [1.82, 2.24) is 10.6 Å². The summed E-state index contributed by atoms with van der Waals surface area (Å²) in [6.45, 7) is 6.34. The minimum Gasteiger partial charge on any atom is -0.360 e. The Bertz CT molecular complexity index is 437. The molecule has 112 valence electrons. The van der Waals surface area contributed by atoms with Crippen LogP contribution >= 0.6 is 0 Å². The van der Waals surface area contributed by atoms with E-state index < -0.39 is 0 Å². The molecule has 1 aromatic carbocycles. The molecule has 2 N–H and O–H groups in total. The Morgan fingerprint density at radius 2 is 2.10 bits per heavy atom. The number of likely N-dealkylation sites (N-methyl/N-ethyl adjacent to an activating group) is 1. The van der Waals surface area contributed by atoms with E-state index in [1.165, 1.54) is 6.07 Å². The van der Waals surface area contributed by atoms with E-state index in [1.54, 1.807) is 18.0 Å². The molecule has 0 bridgehead atoms. The zero-order valence-electron chi connectivity index (χ0n) is 12.5. The van der Waals surface area contributed by atoms with Gasteiger partial charge in [0.1, 0.15) is 5.82 Å². The molecule has 1 aromatic rings. The van der Waals surface area contributed by atoms with Crippen LogP contribution in [0.4, 0.5) is 10.1 Å². The molecule has 5 heteroatoms. The van der Waals surface area contributed by atoms with Crippen LogP contribution in [0.2, 0.25) is 0 Å². The highest BCUT2D eigenvalue weighted by Crippen LogP contribution is 2.20. The van der Waals surface area contributed by atoms with Crippen LogP contribution in [0.15, 0.2) is 18.2 Å². The molecule has 0 aliphatic heterocycles. The molecule has 0 radical (unpaired) electrons. The first-order chi connectivity index (χ1) is 9.62. The fourth-order valence-electron chi connectivity index (χ4n) is 1.99. The highest BCUT2D eigenvalue weighted by atomic mass is 19.1. The maximum atomic E-state index is 14.2. The van der Waals surface area contributed by atoms with Crippen LogP contribution in [-0.4, -0.2) is 32.6 Å². The second kappa shape index (κ2) is 8.53. The summed E-state index contributed by atoms with van der Waals surface area (Å²) in [5.74, 6) is -0.396. The Labute approximate surface area is 120 Å². The van der Waals surface area contributed by atoms with Crippen LogP contribution in [-0.2, 0) is 11.3 Å². The van der Waals surface area contributed by atoms with Crippen LogP contribution in [0.25, 0.3) is 0 Å². The molecule has 1 rings (SSSR count). The van der Waals surface area contributed by atoms with Crippen molar-refractivity contribution in [2.24, 2.45) is 0 Å². The lowest BCUT2D eigenvalue weighted by molar-refractivity contribution is -0.119. The Kier molecular flexibility index (Phi) is 7.01. The summed E-state index contributed by atoms with van der Waals surface area (Å²) in [6.07, 6.45) is 0.857. The quantitative estimate of drug-likeness (QED) is 0.765. The van der Waals surface area contributed by atoms with E-state index in [-0.39, 0.29) is 18.3 Å². The van der Waals surface area contributed by atoms with Gasteiger partial charge in [0.05, 0.1) is 12.2 Å². The van der Waals surface area contributed by atoms with Gasteiger partial charge in [0.25, 0.3) is 0 Å². The Morgan fingerprint density at radius 1 is 1.35 bits per heavy atom. The summed E-state index contributed by atoms with van der Waals surface area (Å²) in [5.41, 5.74) is 1.39. The van der Waals surface area contributed by atoms with Gasteiger partial charge < -0.3 is 15.5 Å². The molecule has 20 heavy (non-hydrogen) atoms. The number of halogens is 1. The normalized spacial score (nSPS) is 10.4. The number of hydrogen-bond donors (Lipinski definition) is 2. The van der Waals surface area contributed by atoms with Gasteiger partial charge in [-0.3, -0.25) is 4.79 Å². The molecule has 0 aromatic heterocycles. The first kappa shape index (κ1) is 16.4. The van der Waals surface area contributed by atoms with E-state index in [2.05, 4.69) is 10.6 Å². The number of amides is 1. The zero-order valence-corrected chi connectivity index (χ0v) is 12.5. The van der Waals surface area contributed by atoms with Gasteiger partial charge in [-0.15, -0.1) is 0 Å². The third kappa shape index (κ3) is 4.81. The summed E-state index contributed by atoms with van der Waals surface area (Å²) in [4.78, 5) is 13.3. The third-order valence-electron chi connectivity index (χ3n) is 3.04. The fraction of sp³-hybridized carbons (Fsp3) is 0.533. The molecular formula is C15H24FN3O. The Hall–Kier alpha value is -1.62. The van der Waals surface area contributed by atoms with Gasteiger partial charge in [0.2, 0.25) is 5.91 Å². The van der Waals surface area contributed by atoms with Gasteiger partial charge in [0, 0.05) is 20.1 Å². The standard InChI is InChI=1S/C15H24FN3O/c1-4-8-19(11-15(20)17-3)14-7-6-12(9-13(14)16)10-18-5-2/h6-7,9,18H,4-5,8,10-11H2,1-3H3,(H,17,20). The highest BCUT2D eigenvalue weighted by Gasteiger charge is 2.14. The predicted molar refractivity (Wildman–Crippen MR) is 80.4 cm³/mol. The van der Waals surface area contributed by atoms with Crippen molar-refractivity contribution in [3.8, 4) is 0 Å². The van der Waals surface area contributed by atoms with E-state index in [4.69, 9.17) is 0 Å². The van der Waals surface area contributed by atoms with Gasteiger partial charge in [-0.25, -0.2) is 4.39 Å². The number of carbonyl (C=O) groups excluding carboxylic acids is 1. The van der Waals surface area contributed by atoms with Crippen LogP contribution in [0.3, 0.4) is 0 Å². The largest absolute Gasteiger partial charge is 0.360 e. The number of rotatable bonds is 8. The molecule has 0 saturated carbocycles. The smallest absolute Gasteiger partial charge is 0.239 e. The second-order valence-corrected chi connectivity index (χ2v) is 4.66. The van der Waals surface area contributed by atoms with Crippen LogP contribution in [0, 0.1) is 5.82 Å². The van der Waals surface area contributed by atoms with Crippen molar-refractivity contribution in [2.45, 2.75) is 26.8 Å². The van der Waals surface area contributed by atoms with Gasteiger partial charge in [-0.05, 0) is 30.7 Å². The van der Waals surface area contributed by atoms with E-state index in [0.717, 1.165) is 18.5 Å². The number of anilines is 1. The summed E-state index contributed by atoms with van der Waals surface area (Å²) in [7, 11) is 1.59. The number of nitrogens with zero attached hydrogens (tertiary/aromatic N) is 1. The van der Waals surface area contributed by atoms with Gasteiger partial charge >= 0.3 is 0 Å². The van der Waals surface area contributed by atoms with Crippen molar-refractivity contribution in [3.63, 3.8) is 0 Å². The van der Waals surface area contributed by atoms with Crippen molar-refractivity contribution in [2.75, 3.05) is 31.6 Å². The van der Waals surface area contributed by atoms with Gasteiger partial charge in [-0.1, -0.05) is 19.9 Å². The Balaban J connectivity index is 2.87. The topological polar surface area (TPSA) is 44.4 Å². The van der Waals surface area contributed by atoms with Crippen molar-refractivity contribution < 1.29 is 9.18 Å². The summed E-state index contributed by atoms with van der Waals surface area (Å²) < 4.78 is 14.2. The first-order valence-corrected chi connectivity index (χ1v) is 7.07. The lowest BCUT2D eigenvalue weighted by Crippen LogP contribution is -2.36. The van der Waals surface area contributed by atoms with E-state index in [9.17, 15) is 9.18 Å². The lowest BCUT2D eigenvalue weighted by Gasteiger charge is -2.24. The van der Waals surface area contributed by atoms with E-state index in [1.807, 2.05) is 19.9 Å². The summed E-state index contributed by atoms with van der Waals surface area (Å²) in [6, 6.07) is 5.18. The lowest BCUT2D eigenvalue weighted by atomic mass is 10.1. The van der Waals surface area contributed by atoms with Crippen LogP contribution < -0.4 is 15.5 Å². The molecular weight excluding hydrogens is 257 g/mol. The number of nitrogens with one attached hydrogen (secondary N) is 2. The monoisotopic (exact) mass is 281 g/mol. The van der Waals surface area contributed by atoms with Crippen molar-refractivity contribution >= 4 is 11.6 Å². The van der Waals surface area contributed by atoms with Crippen LogP contribution in [0.5, 0.6) is 0 Å². The highest BCUT2D eigenvalue weighted by molar-refractivity contribution is 5.81. The maximum absolute atomic E-state index is 14.2. The van der Waals surface area contributed by atoms with E-state index >= 15 is 0 Å². The predicted octanol–water partition coefficient (Wildman–Crippen LogP) is 1.90. The van der Waals surface area contributed by atoms with Crippen LogP contribution in [0.1, 0.15) is 25.8 Å². The molecule has 0 spiro atoms. The molecule has 0 atom stereocenters. The third-order valence-corrected chi connectivity index (χ3v) is 3.04. The fourth-order valence-corrected chi connectivity index (χ4v) is 1.99. The summed E-state index contributed by atoms with van der Waals surface area (Å²) >= 11 is 0. The molecule has 0 aliphatic carbocycles. The first-order valence-electron chi connectivity index (χ1n) is 7.07. The van der Waals surface area contributed by atoms with Crippen molar-refractivity contribution in [1.29, 1.82) is 0 Å². The number of hydrogen-bond acceptors (Lipinski definition) is 3. The maximum Gasteiger partial charge on any atom is 0.239 e. The minimum absolute atomic E-state index is 0.116. The SMILES string of the molecule is CCCN(CC(=O)NC)c1ccc(CNCC)cc1F. The molecule has 0 heterocycles. The minimum atomic E-state index is -0.280. The van der Waals surface area contributed by atoms with E-state index in [0.29, 0.717) is 18.8 Å². The van der Waals surface area contributed by atoms with Gasteiger partial charge in [-0.2, -0.15) is 0 Å². The average Bonchev–Trinajstić information content (AvgIpc) is 2.44. The molecule has 4 nitrogen and oxygen atoms in total. The van der Waals surface area contributed by atoms with Crippen molar-refractivity contribution in [3.05, 3.63) is 29.6 Å². The molecule has 0 unspecified atom stereocenters. The zero-order chi connectivity index (χ0) is 15.0. The summed E-state index contributed by atoms with van der Waals surface area (Å²) in [5, 5.41) is 5.73. The number of carbonyl (C=O) groups is 1. The van der Waals surface area contributed by atoms with Gasteiger partial charge in [0.15, 0.2) is 0 Å². The molecule has 1 amide bonds. The number of benzene rings is 1.